The largest absolute Gasteiger partial charge is 0.324 e. The molecule has 0 unspecified atom stereocenters. The van der Waals surface area contributed by atoms with Crippen molar-refractivity contribution in [3.05, 3.63) is 40.4 Å². The van der Waals surface area contributed by atoms with Crippen molar-refractivity contribution in [3.63, 3.8) is 0 Å². The Morgan fingerprint density at radius 3 is 2.30 bits per heavy atom. The van der Waals surface area contributed by atoms with Crippen molar-refractivity contribution in [1.82, 2.24) is 9.97 Å². The molecule has 10 heteroatoms. The van der Waals surface area contributed by atoms with Crippen molar-refractivity contribution in [2.45, 2.75) is 0 Å². The lowest BCUT2D eigenvalue weighted by Crippen LogP contribution is -2.14. The maximum absolute atomic E-state index is 10.7. The van der Waals surface area contributed by atoms with E-state index >= 15 is 0 Å². The van der Waals surface area contributed by atoms with Gasteiger partial charge in [-0.2, -0.15) is 9.97 Å². The van der Waals surface area contributed by atoms with Gasteiger partial charge in [0.25, 0.3) is 5.69 Å². The van der Waals surface area contributed by atoms with E-state index in [1.54, 1.807) is 12.1 Å². The molecule has 0 saturated carbocycles. The average Bonchev–Trinajstić information content (AvgIpc) is 2.47. The van der Waals surface area contributed by atoms with Crippen LogP contribution in [0.15, 0.2) is 30.3 Å². The molecule has 20 heavy (non-hydrogen) atoms. The van der Waals surface area contributed by atoms with Crippen LogP contribution in [0.25, 0.3) is 0 Å². The Bertz CT molecular complexity index is 610. The highest BCUT2D eigenvalue weighted by Gasteiger charge is 2.08. The molecule has 0 saturated heterocycles. The van der Waals surface area contributed by atoms with E-state index in [1.807, 2.05) is 0 Å². The Kier molecular flexibility index (Phi) is 3.88. The molecule has 0 bridgehead atoms. The van der Waals surface area contributed by atoms with E-state index in [0.717, 1.165) is 0 Å². The highest BCUT2D eigenvalue weighted by molar-refractivity contribution is 5.60. The summed E-state index contributed by atoms with van der Waals surface area (Å²) in [7, 11) is 0. The first-order valence-corrected chi connectivity index (χ1v) is 5.46. The zero-order valence-corrected chi connectivity index (χ0v) is 10.2. The number of nitro benzene ring substituents is 1. The van der Waals surface area contributed by atoms with Crippen LogP contribution in [-0.2, 0) is 0 Å². The number of nitrogens with one attached hydrogen (secondary N) is 3. The predicted octanol–water partition coefficient (Wildman–Crippen LogP) is 0.700. The zero-order chi connectivity index (χ0) is 14.5. The summed E-state index contributed by atoms with van der Waals surface area (Å²) in [5.74, 6) is 11.4. The van der Waals surface area contributed by atoms with Gasteiger partial charge in [-0.1, -0.05) is 6.07 Å². The van der Waals surface area contributed by atoms with Crippen molar-refractivity contribution in [3.8, 4) is 0 Å². The van der Waals surface area contributed by atoms with Gasteiger partial charge in [-0.15, -0.1) is 0 Å². The standard InChI is InChI=1S/C10H12N8O2/c11-16-8-5-9(17-12)15-10(14-8)13-6-2-1-3-7(4-6)18(19)20/h1-5H,11-12H2,(H3,13,14,15,16,17). The highest BCUT2D eigenvalue weighted by atomic mass is 16.6. The molecular weight excluding hydrogens is 264 g/mol. The molecule has 0 radical (unpaired) electrons. The SMILES string of the molecule is NNc1cc(NN)nc(Nc2cccc([N+](=O)[O-])c2)n1. The number of nitrogens with two attached hydrogens (primary N) is 2. The van der Waals surface area contributed by atoms with E-state index in [4.69, 9.17) is 11.7 Å². The molecule has 0 aliphatic carbocycles. The van der Waals surface area contributed by atoms with Crippen LogP contribution in [0.1, 0.15) is 0 Å². The number of hydrazine groups is 2. The lowest BCUT2D eigenvalue weighted by Gasteiger charge is -2.08. The van der Waals surface area contributed by atoms with Gasteiger partial charge >= 0.3 is 0 Å². The van der Waals surface area contributed by atoms with E-state index in [2.05, 4.69) is 26.1 Å². The summed E-state index contributed by atoms with van der Waals surface area (Å²) in [6.07, 6.45) is 0. The molecule has 0 fully saturated rings. The predicted molar refractivity (Wildman–Crippen MR) is 74.0 cm³/mol. The number of benzene rings is 1. The van der Waals surface area contributed by atoms with E-state index in [-0.39, 0.29) is 11.6 Å². The molecule has 2 aromatic rings. The van der Waals surface area contributed by atoms with Crippen LogP contribution in [0.5, 0.6) is 0 Å². The van der Waals surface area contributed by atoms with Crippen LogP contribution in [0, 0.1) is 10.1 Å². The minimum atomic E-state index is -0.489. The van der Waals surface area contributed by atoms with Gasteiger partial charge in [0.15, 0.2) is 0 Å². The summed E-state index contributed by atoms with van der Waals surface area (Å²) in [5, 5.41) is 13.5. The van der Waals surface area contributed by atoms with Crippen LogP contribution in [0.3, 0.4) is 0 Å². The maximum atomic E-state index is 10.7. The summed E-state index contributed by atoms with van der Waals surface area (Å²) in [5.41, 5.74) is 5.15. The van der Waals surface area contributed by atoms with Gasteiger partial charge in [-0.3, -0.25) is 10.1 Å². The Labute approximate surface area is 113 Å². The molecule has 0 aliphatic rings. The first kappa shape index (κ1) is 13.5. The molecule has 1 aromatic carbocycles. The fraction of sp³-hybridized carbons (Fsp3) is 0. The first-order valence-electron chi connectivity index (χ1n) is 5.46. The molecule has 0 spiro atoms. The third-order valence-electron chi connectivity index (χ3n) is 2.34. The Morgan fingerprint density at radius 2 is 1.75 bits per heavy atom. The van der Waals surface area contributed by atoms with Crippen molar-refractivity contribution in [1.29, 1.82) is 0 Å². The van der Waals surface area contributed by atoms with Crippen LogP contribution in [-0.4, -0.2) is 14.9 Å². The number of hydrogen-bond acceptors (Lipinski definition) is 9. The molecule has 1 aromatic heterocycles. The number of nitro groups is 1. The van der Waals surface area contributed by atoms with Gasteiger partial charge in [-0.05, 0) is 6.07 Å². The molecular formula is C10H12N8O2. The van der Waals surface area contributed by atoms with Gasteiger partial charge in [0.2, 0.25) is 5.95 Å². The van der Waals surface area contributed by atoms with Gasteiger partial charge in [0.1, 0.15) is 11.6 Å². The zero-order valence-electron chi connectivity index (χ0n) is 10.2. The Morgan fingerprint density at radius 1 is 1.10 bits per heavy atom. The molecule has 10 nitrogen and oxygen atoms in total. The van der Waals surface area contributed by atoms with E-state index < -0.39 is 4.92 Å². The minimum Gasteiger partial charge on any atom is -0.324 e. The minimum absolute atomic E-state index is 0.0414. The lowest BCUT2D eigenvalue weighted by atomic mass is 10.3. The maximum Gasteiger partial charge on any atom is 0.271 e. The third kappa shape index (κ3) is 3.07. The van der Waals surface area contributed by atoms with Crippen molar-refractivity contribution < 1.29 is 4.92 Å². The molecule has 7 N–H and O–H groups in total. The smallest absolute Gasteiger partial charge is 0.271 e. The normalized spacial score (nSPS) is 9.90. The third-order valence-corrected chi connectivity index (χ3v) is 2.34. The number of rotatable bonds is 5. The van der Waals surface area contributed by atoms with Crippen LogP contribution in [0.2, 0.25) is 0 Å². The molecule has 2 rings (SSSR count). The van der Waals surface area contributed by atoms with Gasteiger partial charge in [0.05, 0.1) is 4.92 Å². The Balaban J connectivity index is 2.29. The fourth-order valence-corrected chi connectivity index (χ4v) is 1.48. The van der Waals surface area contributed by atoms with E-state index in [1.165, 1.54) is 18.2 Å². The lowest BCUT2D eigenvalue weighted by molar-refractivity contribution is -0.384. The summed E-state index contributed by atoms with van der Waals surface area (Å²) < 4.78 is 0. The average molecular weight is 276 g/mol. The molecule has 104 valence electrons. The fourth-order valence-electron chi connectivity index (χ4n) is 1.48. The number of non-ortho nitro benzene ring substituents is 1. The van der Waals surface area contributed by atoms with Gasteiger partial charge < -0.3 is 16.2 Å². The second kappa shape index (κ2) is 5.77. The molecule has 1 heterocycles. The van der Waals surface area contributed by atoms with Gasteiger partial charge in [0, 0.05) is 23.9 Å². The number of nitrogen functional groups attached to an aromatic ring is 2. The summed E-state index contributed by atoms with van der Waals surface area (Å²) in [4.78, 5) is 18.3. The molecule has 0 atom stereocenters. The molecule has 0 aliphatic heterocycles. The Hall–Kier alpha value is -2.98. The summed E-state index contributed by atoms with van der Waals surface area (Å²) >= 11 is 0. The van der Waals surface area contributed by atoms with Crippen molar-refractivity contribution >= 4 is 29.0 Å². The van der Waals surface area contributed by atoms with E-state index in [0.29, 0.717) is 17.3 Å². The summed E-state index contributed by atoms with van der Waals surface area (Å²) in [6, 6.07) is 7.44. The molecule has 0 amide bonds. The van der Waals surface area contributed by atoms with E-state index in [9.17, 15) is 10.1 Å². The van der Waals surface area contributed by atoms with Crippen molar-refractivity contribution in [2.75, 3.05) is 16.2 Å². The number of hydrogen-bond donors (Lipinski definition) is 5. The summed E-state index contributed by atoms with van der Waals surface area (Å²) in [6.45, 7) is 0. The van der Waals surface area contributed by atoms with Crippen LogP contribution < -0.4 is 27.9 Å². The second-order valence-electron chi connectivity index (χ2n) is 3.68. The number of anilines is 4. The second-order valence-corrected chi connectivity index (χ2v) is 3.68. The van der Waals surface area contributed by atoms with Crippen LogP contribution in [0.4, 0.5) is 29.0 Å². The number of nitrogens with zero attached hydrogens (tertiary/aromatic N) is 3. The quantitative estimate of drug-likeness (QED) is 0.301. The monoisotopic (exact) mass is 276 g/mol. The topological polar surface area (TPSA) is 157 Å². The first-order chi connectivity index (χ1) is 9.62. The van der Waals surface area contributed by atoms with Gasteiger partial charge in [-0.25, -0.2) is 11.7 Å². The number of aromatic nitrogens is 2. The van der Waals surface area contributed by atoms with Crippen molar-refractivity contribution in [2.24, 2.45) is 11.7 Å². The van der Waals surface area contributed by atoms with Crippen LogP contribution >= 0.6 is 0 Å². The highest BCUT2D eigenvalue weighted by Crippen LogP contribution is 2.21.